The van der Waals surface area contributed by atoms with Crippen LogP contribution in [0.1, 0.15) is 0 Å². The molecular weight excluding hydrogens is 356 g/mol. The molecule has 0 radical (unpaired) electrons. The van der Waals surface area contributed by atoms with Crippen LogP contribution in [0.5, 0.6) is 0 Å². The summed E-state index contributed by atoms with van der Waals surface area (Å²) in [7, 11) is -3.36. The average Bonchev–Trinajstić information content (AvgIpc) is 2.97. The quantitative estimate of drug-likeness (QED) is 0.765. The molecule has 0 amide bonds. The van der Waals surface area contributed by atoms with E-state index in [1.807, 2.05) is 18.2 Å². The number of nitrogen functional groups attached to an aromatic ring is 1. The van der Waals surface area contributed by atoms with Gasteiger partial charge in [-0.25, -0.2) is 23.4 Å². The summed E-state index contributed by atoms with van der Waals surface area (Å²) in [5, 5.41) is 0.540. The molecule has 0 unspecified atom stereocenters. The second kappa shape index (κ2) is 5.88. The molecule has 0 aliphatic rings. The highest BCUT2D eigenvalue weighted by molar-refractivity contribution is 7.92. The van der Waals surface area contributed by atoms with Crippen LogP contribution in [0.3, 0.4) is 0 Å². The van der Waals surface area contributed by atoms with Gasteiger partial charge in [-0.1, -0.05) is 29.8 Å². The Morgan fingerprint density at radius 2 is 1.87 bits per heavy atom. The van der Waals surface area contributed by atoms with Crippen molar-refractivity contribution >= 4 is 38.7 Å². The maximum atomic E-state index is 11.6. The highest BCUT2D eigenvalue weighted by atomic mass is 35.5. The van der Waals surface area contributed by atoms with Crippen molar-refractivity contribution in [2.45, 2.75) is 4.34 Å². The number of hydrogen-bond acceptors (Lipinski definition) is 7. The molecule has 2 heterocycles. The molecule has 0 bridgehead atoms. The molecule has 0 aliphatic carbocycles. The molecule has 0 fully saturated rings. The first-order valence-corrected chi connectivity index (χ1v) is 9.49. The lowest BCUT2D eigenvalue weighted by Gasteiger charge is -2.06. The van der Waals surface area contributed by atoms with Crippen molar-refractivity contribution in [1.82, 2.24) is 15.0 Å². The van der Waals surface area contributed by atoms with Gasteiger partial charge in [0.05, 0.1) is 16.3 Å². The number of hydrogen-bond donors (Lipinski definition) is 1. The first-order valence-electron chi connectivity index (χ1n) is 6.40. The van der Waals surface area contributed by atoms with Crippen LogP contribution in [0.25, 0.3) is 21.8 Å². The highest BCUT2D eigenvalue weighted by Crippen LogP contribution is 2.32. The number of benzene rings is 1. The van der Waals surface area contributed by atoms with Gasteiger partial charge in [-0.15, -0.1) is 11.3 Å². The molecule has 0 saturated heterocycles. The van der Waals surface area contributed by atoms with Gasteiger partial charge in [0.1, 0.15) is 0 Å². The molecule has 118 valence electrons. The summed E-state index contributed by atoms with van der Waals surface area (Å²) in [5.41, 5.74) is 7.56. The van der Waals surface area contributed by atoms with Crippen molar-refractivity contribution in [2.75, 3.05) is 12.0 Å². The standard InChI is InChI=1S/C14H11ClN4O2S2/c1-23(20,21)14-17-7-12(22-14)11-6-10(18-13(16)19-11)8-4-2-3-5-9(8)15/h2-7H,1H3,(H2,16,18,19). The normalized spacial score (nSPS) is 11.6. The molecule has 9 heteroatoms. The van der Waals surface area contributed by atoms with E-state index < -0.39 is 9.84 Å². The zero-order valence-corrected chi connectivity index (χ0v) is 14.3. The minimum absolute atomic E-state index is 0.0315. The topological polar surface area (TPSA) is 98.8 Å². The second-order valence-corrected chi connectivity index (χ2v) is 8.37. The van der Waals surface area contributed by atoms with E-state index in [4.69, 9.17) is 17.3 Å². The Morgan fingerprint density at radius 1 is 1.17 bits per heavy atom. The number of anilines is 1. The summed E-state index contributed by atoms with van der Waals surface area (Å²) in [4.78, 5) is 12.9. The largest absolute Gasteiger partial charge is 0.368 e. The Morgan fingerprint density at radius 3 is 2.52 bits per heavy atom. The first kappa shape index (κ1) is 15.9. The van der Waals surface area contributed by atoms with Gasteiger partial charge in [0.2, 0.25) is 20.1 Å². The molecule has 2 N–H and O–H groups in total. The fourth-order valence-corrected chi connectivity index (χ4v) is 3.91. The van der Waals surface area contributed by atoms with Gasteiger partial charge >= 0.3 is 0 Å². The summed E-state index contributed by atoms with van der Waals surface area (Å²) in [5.74, 6) is 0.0757. The number of halogens is 1. The van der Waals surface area contributed by atoms with Crippen LogP contribution in [0.15, 0.2) is 40.9 Å². The van der Waals surface area contributed by atoms with E-state index >= 15 is 0 Å². The molecule has 3 aromatic rings. The third kappa shape index (κ3) is 3.34. The van der Waals surface area contributed by atoms with E-state index in [1.165, 1.54) is 6.20 Å². The van der Waals surface area contributed by atoms with Crippen LogP contribution in [0.2, 0.25) is 5.02 Å². The lowest BCUT2D eigenvalue weighted by molar-refractivity contribution is 0.601. The minimum Gasteiger partial charge on any atom is -0.368 e. The van der Waals surface area contributed by atoms with Crippen molar-refractivity contribution < 1.29 is 8.42 Å². The molecule has 3 rings (SSSR count). The third-order valence-electron chi connectivity index (χ3n) is 2.95. The SMILES string of the molecule is CS(=O)(=O)c1ncc(-c2cc(-c3ccccc3Cl)nc(N)n2)s1. The van der Waals surface area contributed by atoms with Crippen LogP contribution in [0.4, 0.5) is 5.95 Å². The zero-order valence-electron chi connectivity index (χ0n) is 11.9. The minimum atomic E-state index is -3.36. The van der Waals surface area contributed by atoms with Crippen molar-refractivity contribution in [3.05, 3.63) is 41.6 Å². The van der Waals surface area contributed by atoms with E-state index in [2.05, 4.69) is 15.0 Å². The fourth-order valence-electron chi connectivity index (χ4n) is 1.95. The maximum Gasteiger partial charge on any atom is 0.221 e. The number of rotatable bonds is 3. The Kier molecular flexibility index (Phi) is 4.05. The number of thiazole rings is 1. The average molecular weight is 367 g/mol. The number of nitrogens with zero attached hydrogens (tertiary/aromatic N) is 3. The van der Waals surface area contributed by atoms with Gasteiger partial charge in [0.15, 0.2) is 0 Å². The molecule has 6 nitrogen and oxygen atoms in total. The maximum absolute atomic E-state index is 11.6. The van der Waals surface area contributed by atoms with E-state index in [0.29, 0.717) is 21.3 Å². The molecule has 0 saturated carbocycles. The highest BCUT2D eigenvalue weighted by Gasteiger charge is 2.16. The Bertz CT molecular complexity index is 986. The van der Waals surface area contributed by atoms with Crippen molar-refractivity contribution in [3.8, 4) is 21.8 Å². The van der Waals surface area contributed by atoms with Crippen LogP contribution in [-0.2, 0) is 9.84 Å². The van der Waals surface area contributed by atoms with E-state index in [-0.39, 0.29) is 10.3 Å². The summed E-state index contributed by atoms with van der Waals surface area (Å²) in [6.07, 6.45) is 2.57. The lowest BCUT2D eigenvalue weighted by Crippen LogP contribution is -1.98. The number of nitrogens with two attached hydrogens (primary N) is 1. The first-order chi connectivity index (χ1) is 10.8. The van der Waals surface area contributed by atoms with Crippen LogP contribution < -0.4 is 5.73 Å². The van der Waals surface area contributed by atoms with E-state index in [9.17, 15) is 8.42 Å². The number of sulfone groups is 1. The lowest BCUT2D eigenvalue weighted by atomic mass is 10.1. The van der Waals surface area contributed by atoms with Gasteiger partial charge in [-0.05, 0) is 12.1 Å². The van der Waals surface area contributed by atoms with Gasteiger partial charge in [0.25, 0.3) is 0 Å². The van der Waals surface area contributed by atoms with Crippen LogP contribution in [-0.4, -0.2) is 29.6 Å². The smallest absolute Gasteiger partial charge is 0.221 e. The molecule has 0 atom stereocenters. The predicted octanol–water partition coefficient (Wildman–Crippen LogP) is 2.91. The summed E-state index contributed by atoms with van der Waals surface area (Å²) < 4.78 is 23.1. The van der Waals surface area contributed by atoms with Crippen molar-refractivity contribution in [3.63, 3.8) is 0 Å². The van der Waals surface area contributed by atoms with E-state index in [1.54, 1.807) is 12.1 Å². The fraction of sp³-hybridized carbons (Fsp3) is 0.0714. The third-order valence-corrected chi connectivity index (χ3v) is 5.99. The van der Waals surface area contributed by atoms with Gasteiger partial charge in [-0.3, -0.25) is 0 Å². The zero-order chi connectivity index (χ0) is 16.6. The van der Waals surface area contributed by atoms with Gasteiger partial charge in [-0.2, -0.15) is 0 Å². The molecule has 2 aromatic heterocycles. The second-order valence-electron chi connectivity index (χ2n) is 4.74. The molecule has 23 heavy (non-hydrogen) atoms. The van der Waals surface area contributed by atoms with Gasteiger partial charge in [0, 0.05) is 23.0 Å². The Labute approximate surface area is 141 Å². The van der Waals surface area contributed by atoms with Crippen molar-refractivity contribution in [2.24, 2.45) is 0 Å². The van der Waals surface area contributed by atoms with Gasteiger partial charge < -0.3 is 5.73 Å². The monoisotopic (exact) mass is 366 g/mol. The van der Waals surface area contributed by atoms with Crippen LogP contribution >= 0.6 is 22.9 Å². The molecule has 0 aliphatic heterocycles. The number of aromatic nitrogens is 3. The van der Waals surface area contributed by atoms with E-state index in [0.717, 1.165) is 23.2 Å². The Balaban J connectivity index is 2.12. The Hall–Kier alpha value is -2.03. The summed E-state index contributed by atoms with van der Waals surface area (Å²) >= 11 is 7.21. The predicted molar refractivity (Wildman–Crippen MR) is 91.1 cm³/mol. The van der Waals surface area contributed by atoms with Crippen LogP contribution in [0, 0.1) is 0 Å². The summed E-state index contributed by atoms with van der Waals surface area (Å²) in [6.45, 7) is 0. The molecule has 1 aromatic carbocycles. The van der Waals surface area contributed by atoms with Crippen molar-refractivity contribution in [1.29, 1.82) is 0 Å². The molecule has 0 spiro atoms. The summed E-state index contributed by atoms with van der Waals surface area (Å²) in [6, 6.07) is 8.94. The molecular formula is C14H11ClN4O2S2.